The van der Waals surface area contributed by atoms with Crippen LogP contribution in [0, 0.1) is 0 Å². The predicted octanol–water partition coefficient (Wildman–Crippen LogP) is 2.19. The maximum absolute atomic E-state index is 12.2. The van der Waals surface area contributed by atoms with Crippen LogP contribution in [0.1, 0.15) is 20.8 Å². The van der Waals surface area contributed by atoms with Crippen LogP contribution < -0.4 is 4.90 Å². The zero-order valence-electron chi connectivity index (χ0n) is 16.7. The van der Waals surface area contributed by atoms with Crippen LogP contribution in [0.4, 0.5) is 10.6 Å². The summed E-state index contributed by atoms with van der Waals surface area (Å²) in [5, 5.41) is 4.19. The highest BCUT2D eigenvalue weighted by atomic mass is 16.6. The van der Waals surface area contributed by atoms with Gasteiger partial charge in [0.05, 0.1) is 18.1 Å². The summed E-state index contributed by atoms with van der Waals surface area (Å²) >= 11 is 0. The van der Waals surface area contributed by atoms with Crippen LogP contribution in [0.25, 0.3) is 16.9 Å². The Kier molecular flexibility index (Phi) is 4.44. The molecule has 4 heterocycles. The predicted molar refractivity (Wildman–Crippen MR) is 105 cm³/mol. The molecule has 0 saturated carbocycles. The highest BCUT2D eigenvalue weighted by Gasteiger charge is 2.27. The van der Waals surface area contributed by atoms with E-state index in [0.29, 0.717) is 13.1 Å². The lowest BCUT2D eigenvalue weighted by Gasteiger charge is -2.36. The largest absolute Gasteiger partial charge is 0.444 e. The average Bonchev–Trinajstić information content (AvgIpc) is 3.26. The highest BCUT2D eigenvalue weighted by Crippen LogP contribution is 2.22. The van der Waals surface area contributed by atoms with Gasteiger partial charge >= 0.3 is 6.09 Å². The van der Waals surface area contributed by atoms with Crippen molar-refractivity contribution < 1.29 is 9.53 Å². The molecule has 0 N–H and O–H groups in total. The minimum absolute atomic E-state index is 0.256. The fourth-order valence-corrected chi connectivity index (χ4v) is 3.26. The Hall–Kier alpha value is -3.10. The lowest BCUT2D eigenvalue weighted by Crippen LogP contribution is -2.50. The Morgan fingerprint density at radius 2 is 1.86 bits per heavy atom. The van der Waals surface area contributed by atoms with Crippen LogP contribution in [0.2, 0.25) is 0 Å². The Labute approximate surface area is 163 Å². The second-order valence-corrected chi connectivity index (χ2v) is 7.98. The third kappa shape index (κ3) is 3.64. The number of carbonyl (C=O) groups is 1. The van der Waals surface area contributed by atoms with Crippen LogP contribution in [0.3, 0.4) is 0 Å². The van der Waals surface area contributed by atoms with Crippen molar-refractivity contribution in [3.63, 3.8) is 0 Å². The number of hydrogen-bond donors (Lipinski definition) is 0. The molecule has 4 rings (SSSR count). The van der Waals surface area contributed by atoms with Crippen LogP contribution in [-0.4, -0.2) is 66.9 Å². The number of ether oxygens (including phenoxy) is 1. The monoisotopic (exact) mass is 383 g/mol. The van der Waals surface area contributed by atoms with E-state index < -0.39 is 5.60 Å². The summed E-state index contributed by atoms with van der Waals surface area (Å²) < 4.78 is 9.19. The Morgan fingerprint density at radius 1 is 1.11 bits per heavy atom. The summed E-state index contributed by atoms with van der Waals surface area (Å²) in [5.41, 5.74) is 2.15. The van der Waals surface area contributed by atoms with E-state index in [1.807, 2.05) is 50.7 Å². The molecule has 3 aromatic heterocycles. The van der Waals surface area contributed by atoms with Crippen molar-refractivity contribution in [3.05, 3.63) is 31.0 Å². The van der Waals surface area contributed by atoms with E-state index in [4.69, 9.17) is 4.74 Å². The molecule has 1 fully saturated rings. The first-order valence-corrected chi connectivity index (χ1v) is 9.35. The van der Waals surface area contributed by atoms with Crippen LogP contribution in [0.15, 0.2) is 31.0 Å². The van der Waals surface area contributed by atoms with Crippen LogP contribution in [0.5, 0.6) is 0 Å². The minimum Gasteiger partial charge on any atom is -0.444 e. The van der Waals surface area contributed by atoms with Gasteiger partial charge in [0.25, 0.3) is 0 Å². The first-order chi connectivity index (χ1) is 13.3. The SMILES string of the molecule is Cn1cc(-c2cc3ncc(N4CCN(C(=O)OC(C)(C)C)CC4)n3cn2)cn1. The lowest BCUT2D eigenvalue weighted by atomic mass is 10.2. The van der Waals surface area contributed by atoms with Gasteiger partial charge in [-0.1, -0.05) is 0 Å². The zero-order valence-corrected chi connectivity index (χ0v) is 16.7. The van der Waals surface area contributed by atoms with E-state index in [-0.39, 0.29) is 6.09 Å². The standard InChI is InChI=1S/C19H25N7O2/c1-19(2,3)28-18(27)25-7-5-24(6-8-25)17-11-20-16-9-15(21-13-26(16)17)14-10-22-23(4)12-14/h9-13H,5-8H2,1-4H3. The fraction of sp³-hybridized carbons (Fsp3) is 0.474. The van der Waals surface area contributed by atoms with Gasteiger partial charge in [0.1, 0.15) is 23.4 Å². The third-order valence-corrected chi connectivity index (χ3v) is 4.64. The molecule has 0 radical (unpaired) electrons. The highest BCUT2D eigenvalue weighted by molar-refractivity contribution is 5.69. The van der Waals surface area contributed by atoms with Gasteiger partial charge in [-0.15, -0.1) is 0 Å². The molecule has 9 nitrogen and oxygen atoms in total. The number of carbonyl (C=O) groups excluding carboxylic acids is 1. The molecule has 0 aromatic carbocycles. The third-order valence-electron chi connectivity index (χ3n) is 4.64. The van der Waals surface area contributed by atoms with Crippen molar-refractivity contribution in [2.75, 3.05) is 31.1 Å². The maximum Gasteiger partial charge on any atom is 0.410 e. The number of hydrogen-bond acceptors (Lipinski definition) is 6. The van der Waals surface area contributed by atoms with Crippen molar-refractivity contribution >= 4 is 17.6 Å². The zero-order chi connectivity index (χ0) is 19.9. The quantitative estimate of drug-likeness (QED) is 0.675. The van der Waals surface area contributed by atoms with Gasteiger partial charge in [0.15, 0.2) is 0 Å². The Balaban J connectivity index is 1.48. The molecule has 0 atom stereocenters. The smallest absolute Gasteiger partial charge is 0.410 e. The average molecular weight is 383 g/mol. The molecule has 0 spiro atoms. The Morgan fingerprint density at radius 3 is 2.50 bits per heavy atom. The van der Waals surface area contributed by atoms with E-state index in [0.717, 1.165) is 35.8 Å². The first kappa shape index (κ1) is 18.3. The van der Waals surface area contributed by atoms with Gasteiger partial charge in [-0.05, 0) is 20.8 Å². The number of rotatable bonds is 2. The summed E-state index contributed by atoms with van der Waals surface area (Å²) in [7, 11) is 1.88. The van der Waals surface area contributed by atoms with Crippen molar-refractivity contribution in [2.45, 2.75) is 26.4 Å². The van der Waals surface area contributed by atoms with E-state index in [2.05, 4.69) is 20.0 Å². The maximum atomic E-state index is 12.2. The number of anilines is 1. The number of aromatic nitrogens is 5. The molecule has 0 unspecified atom stereocenters. The van der Waals surface area contributed by atoms with Gasteiger partial charge < -0.3 is 14.5 Å². The number of nitrogens with zero attached hydrogens (tertiary/aromatic N) is 7. The van der Waals surface area contributed by atoms with Crippen molar-refractivity contribution in [3.8, 4) is 11.3 Å². The lowest BCUT2D eigenvalue weighted by molar-refractivity contribution is 0.0240. The molecule has 3 aromatic rings. The van der Waals surface area contributed by atoms with Crippen molar-refractivity contribution in [2.24, 2.45) is 7.05 Å². The van der Waals surface area contributed by atoms with E-state index in [1.165, 1.54) is 0 Å². The molecular formula is C19H25N7O2. The van der Waals surface area contributed by atoms with Gasteiger partial charge in [-0.25, -0.2) is 14.8 Å². The van der Waals surface area contributed by atoms with Crippen molar-refractivity contribution in [1.82, 2.24) is 29.0 Å². The second-order valence-electron chi connectivity index (χ2n) is 7.98. The van der Waals surface area contributed by atoms with Gasteiger partial charge in [-0.2, -0.15) is 5.10 Å². The molecule has 28 heavy (non-hydrogen) atoms. The normalized spacial score (nSPS) is 15.3. The summed E-state index contributed by atoms with van der Waals surface area (Å²) in [6, 6.07) is 1.96. The topological polar surface area (TPSA) is 80.8 Å². The molecule has 9 heteroatoms. The molecular weight excluding hydrogens is 358 g/mol. The second kappa shape index (κ2) is 6.81. The molecule has 1 aliphatic rings. The van der Waals surface area contributed by atoms with Crippen molar-refractivity contribution in [1.29, 1.82) is 0 Å². The molecule has 1 aliphatic heterocycles. The Bertz CT molecular complexity index is 993. The molecule has 1 saturated heterocycles. The summed E-state index contributed by atoms with van der Waals surface area (Å²) in [5.74, 6) is 0.976. The van der Waals surface area contributed by atoms with Gasteiger partial charge in [0.2, 0.25) is 0 Å². The summed E-state index contributed by atoms with van der Waals surface area (Å²) in [6.45, 7) is 8.31. The number of piperazine rings is 1. The van der Waals surface area contributed by atoms with Gasteiger partial charge in [0, 0.05) is 51.1 Å². The molecule has 1 amide bonds. The number of aryl methyl sites for hydroxylation is 1. The van der Waals surface area contributed by atoms with Gasteiger partial charge in [-0.3, -0.25) is 9.08 Å². The first-order valence-electron chi connectivity index (χ1n) is 9.35. The van der Waals surface area contributed by atoms with Crippen LogP contribution >= 0.6 is 0 Å². The molecule has 0 bridgehead atoms. The van der Waals surface area contributed by atoms with Crippen LogP contribution in [-0.2, 0) is 11.8 Å². The summed E-state index contributed by atoms with van der Waals surface area (Å²) in [4.78, 5) is 25.3. The fourth-order valence-electron chi connectivity index (χ4n) is 3.26. The summed E-state index contributed by atoms with van der Waals surface area (Å²) in [6.07, 6.45) is 7.11. The van der Waals surface area contributed by atoms with E-state index in [1.54, 1.807) is 22.1 Å². The van der Waals surface area contributed by atoms with E-state index >= 15 is 0 Å². The van der Waals surface area contributed by atoms with E-state index in [9.17, 15) is 4.79 Å². The number of fused-ring (bicyclic) bond motifs is 1. The molecule has 0 aliphatic carbocycles. The number of imidazole rings is 1. The minimum atomic E-state index is -0.479. The number of amides is 1. The molecule has 148 valence electrons.